The van der Waals surface area contributed by atoms with Crippen LogP contribution >= 0.6 is 11.8 Å². The number of carbonyl (C=O) groups excluding carboxylic acids is 2. The molecule has 2 heterocycles. The lowest BCUT2D eigenvalue weighted by Gasteiger charge is -2.34. The molecule has 226 valence electrons. The van der Waals surface area contributed by atoms with Gasteiger partial charge in [-0.1, -0.05) is 43.3 Å². The monoisotopic (exact) mass is 601 g/mol. The smallest absolute Gasteiger partial charge is 0.318 e. The summed E-state index contributed by atoms with van der Waals surface area (Å²) in [6.07, 6.45) is 5.48. The molecule has 1 fully saturated rings. The summed E-state index contributed by atoms with van der Waals surface area (Å²) in [7, 11) is 4.02. The Balaban J connectivity index is 1.37. The fourth-order valence-electron chi connectivity index (χ4n) is 5.97. The van der Waals surface area contributed by atoms with Gasteiger partial charge in [0, 0.05) is 47.5 Å². The van der Waals surface area contributed by atoms with Gasteiger partial charge in [0.15, 0.2) is 0 Å². The van der Waals surface area contributed by atoms with Gasteiger partial charge in [0.25, 0.3) is 0 Å². The second kappa shape index (κ2) is 13.7. The number of H-pyrrole nitrogens is 1. The fraction of sp³-hybridized carbons (Fsp3) is 0.353. The topological polar surface area (TPSA) is 80.5 Å². The summed E-state index contributed by atoms with van der Waals surface area (Å²) in [5.74, 6) is -0.541. The Hall–Kier alpha value is -3.82. The molecule has 1 aliphatic rings. The van der Waals surface area contributed by atoms with Crippen molar-refractivity contribution in [3.8, 4) is 0 Å². The number of rotatable bonds is 9. The molecule has 0 bridgehead atoms. The molecule has 3 aromatic carbocycles. The maximum Gasteiger partial charge on any atom is 0.318 e. The van der Waals surface area contributed by atoms with Crippen molar-refractivity contribution in [1.29, 1.82) is 0 Å². The fourth-order valence-corrected chi connectivity index (χ4v) is 6.50. The van der Waals surface area contributed by atoms with Gasteiger partial charge in [-0.25, -0.2) is 9.18 Å². The van der Waals surface area contributed by atoms with E-state index < -0.39 is 6.04 Å². The number of aromatic amines is 1. The number of halogens is 1. The number of hydrogen-bond acceptors (Lipinski definition) is 4. The number of benzene rings is 3. The molecule has 2 unspecified atom stereocenters. The van der Waals surface area contributed by atoms with Gasteiger partial charge < -0.3 is 25.4 Å². The molecule has 1 aliphatic heterocycles. The Morgan fingerprint density at radius 2 is 1.79 bits per heavy atom. The van der Waals surface area contributed by atoms with Gasteiger partial charge in [0.05, 0.1) is 5.69 Å². The molecule has 4 aromatic rings. The number of piperidine rings is 1. The first-order valence-corrected chi connectivity index (χ1v) is 16.0. The van der Waals surface area contributed by atoms with E-state index in [-0.39, 0.29) is 29.6 Å². The number of likely N-dealkylation sites (tertiary alicyclic amines) is 1. The lowest BCUT2D eigenvalue weighted by molar-refractivity contribution is -0.118. The number of nitrogens with zero attached hydrogens (tertiary/aromatic N) is 2. The van der Waals surface area contributed by atoms with Gasteiger partial charge in [0.2, 0.25) is 5.91 Å². The van der Waals surface area contributed by atoms with Gasteiger partial charge in [-0.2, -0.15) is 0 Å². The highest BCUT2D eigenvalue weighted by atomic mass is 32.2. The zero-order chi connectivity index (χ0) is 30.5. The summed E-state index contributed by atoms with van der Waals surface area (Å²) in [5, 5.41) is 7.29. The summed E-state index contributed by atoms with van der Waals surface area (Å²) < 4.78 is 13.4. The van der Waals surface area contributed by atoms with Crippen LogP contribution in [0.2, 0.25) is 0 Å². The van der Waals surface area contributed by atoms with Crippen LogP contribution in [0, 0.1) is 5.82 Å². The van der Waals surface area contributed by atoms with Crippen LogP contribution in [0.1, 0.15) is 48.3 Å². The maximum absolute atomic E-state index is 14.1. The molecule has 1 aromatic heterocycles. The number of hydrogen-bond donors (Lipinski definition) is 3. The number of amides is 3. The molecule has 2 atom stereocenters. The average Bonchev–Trinajstić information content (AvgIpc) is 3.44. The molecular formula is C34H40FN5O2S. The average molecular weight is 602 g/mol. The van der Waals surface area contributed by atoms with Crippen molar-refractivity contribution in [3.63, 3.8) is 0 Å². The van der Waals surface area contributed by atoms with Gasteiger partial charge in [0.1, 0.15) is 11.9 Å². The Kier molecular flexibility index (Phi) is 9.72. The normalized spacial score (nSPS) is 15.4. The van der Waals surface area contributed by atoms with Gasteiger partial charge in [-0.3, -0.25) is 4.79 Å². The van der Waals surface area contributed by atoms with E-state index in [1.807, 2.05) is 82.0 Å². The minimum atomic E-state index is -0.811. The number of aromatic nitrogens is 1. The molecule has 3 N–H and O–H groups in total. The van der Waals surface area contributed by atoms with Crippen molar-refractivity contribution in [3.05, 3.63) is 95.4 Å². The number of para-hydroxylation sites is 1. The van der Waals surface area contributed by atoms with Gasteiger partial charge >= 0.3 is 6.03 Å². The van der Waals surface area contributed by atoms with E-state index in [1.165, 1.54) is 12.1 Å². The van der Waals surface area contributed by atoms with Crippen molar-refractivity contribution >= 4 is 40.3 Å². The molecular weight excluding hydrogens is 561 g/mol. The molecule has 9 heteroatoms. The third kappa shape index (κ3) is 7.22. The van der Waals surface area contributed by atoms with Crippen molar-refractivity contribution in [2.24, 2.45) is 0 Å². The molecule has 3 amide bonds. The first kappa shape index (κ1) is 30.6. The minimum Gasteiger partial charge on any atom is -0.361 e. The predicted molar refractivity (Wildman–Crippen MR) is 173 cm³/mol. The first-order chi connectivity index (χ1) is 20.7. The standard InChI is InChI=1S/C34H40FN5O2S/c1-22(28-20-36-29-8-6-5-7-27(28)29)32(33(41)37-30-19-23(21-39(2)3)9-14-31(30)43-4)38-34(42)40-17-15-25(16-18-40)24-10-12-26(35)13-11-24/h5-14,19-20,22,25,32,36H,15-18,21H2,1-4H3,(H,37,41)(H,38,42). The molecule has 43 heavy (non-hydrogen) atoms. The van der Waals surface area contributed by atoms with E-state index in [0.717, 1.165) is 57.6 Å². The van der Waals surface area contributed by atoms with Gasteiger partial charge in [-0.15, -0.1) is 11.8 Å². The van der Waals surface area contributed by atoms with E-state index in [1.54, 1.807) is 16.7 Å². The molecule has 1 saturated heterocycles. The van der Waals surface area contributed by atoms with Crippen molar-refractivity contribution in [2.75, 3.05) is 38.8 Å². The van der Waals surface area contributed by atoms with Crippen molar-refractivity contribution in [1.82, 2.24) is 20.1 Å². The van der Waals surface area contributed by atoms with Crippen LogP contribution in [-0.2, 0) is 11.3 Å². The number of nitrogens with one attached hydrogen (secondary N) is 3. The Morgan fingerprint density at radius 1 is 1.07 bits per heavy atom. The van der Waals surface area contributed by atoms with Crippen LogP contribution < -0.4 is 10.6 Å². The first-order valence-electron chi connectivity index (χ1n) is 14.7. The number of fused-ring (bicyclic) bond motifs is 1. The minimum absolute atomic E-state index is 0.247. The highest BCUT2D eigenvalue weighted by Crippen LogP contribution is 2.32. The number of thioether (sulfide) groups is 1. The van der Waals surface area contributed by atoms with E-state index in [0.29, 0.717) is 13.1 Å². The number of urea groups is 1. The van der Waals surface area contributed by atoms with Crippen LogP contribution in [-0.4, -0.2) is 66.2 Å². The van der Waals surface area contributed by atoms with Gasteiger partial charge in [-0.05, 0) is 86.1 Å². The third-order valence-corrected chi connectivity index (χ3v) is 9.11. The number of carbonyl (C=O) groups is 2. The zero-order valence-corrected chi connectivity index (χ0v) is 26.0. The number of anilines is 1. The summed E-state index contributed by atoms with van der Waals surface area (Å²) in [4.78, 5) is 35.9. The highest BCUT2D eigenvalue weighted by molar-refractivity contribution is 7.98. The predicted octanol–water partition coefficient (Wildman–Crippen LogP) is 6.79. The molecule has 0 radical (unpaired) electrons. The Morgan fingerprint density at radius 3 is 2.49 bits per heavy atom. The zero-order valence-electron chi connectivity index (χ0n) is 25.2. The Labute approximate surface area is 257 Å². The van der Waals surface area contributed by atoms with Crippen molar-refractivity contribution in [2.45, 2.75) is 49.1 Å². The quantitative estimate of drug-likeness (QED) is 0.185. The SMILES string of the molecule is CSc1ccc(CN(C)C)cc1NC(=O)C(NC(=O)N1CCC(c2ccc(F)cc2)CC1)C(C)c1c[nH]c2ccccc12. The van der Waals surface area contributed by atoms with E-state index >= 15 is 0 Å². The second-order valence-electron chi connectivity index (χ2n) is 11.6. The van der Waals surface area contributed by atoms with E-state index in [9.17, 15) is 14.0 Å². The molecule has 0 saturated carbocycles. The summed E-state index contributed by atoms with van der Waals surface area (Å²) >= 11 is 1.57. The summed E-state index contributed by atoms with van der Waals surface area (Å²) in [6.45, 7) is 3.86. The van der Waals surface area contributed by atoms with Crippen LogP contribution in [0.4, 0.5) is 14.9 Å². The second-order valence-corrected chi connectivity index (χ2v) is 12.4. The molecule has 0 spiro atoms. The van der Waals surface area contributed by atoms with Crippen LogP contribution in [0.5, 0.6) is 0 Å². The summed E-state index contributed by atoms with van der Waals surface area (Å²) in [5.41, 5.74) is 4.87. The van der Waals surface area contributed by atoms with Crippen molar-refractivity contribution < 1.29 is 14.0 Å². The molecule has 5 rings (SSSR count). The lowest BCUT2D eigenvalue weighted by Crippen LogP contribution is -2.53. The Bertz CT molecular complexity index is 1560. The molecule has 0 aliphatic carbocycles. The third-order valence-electron chi connectivity index (χ3n) is 8.32. The van der Waals surface area contributed by atoms with Crippen LogP contribution in [0.15, 0.2) is 77.8 Å². The van der Waals surface area contributed by atoms with Crippen LogP contribution in [0.25, 0.3) is 10.9 Å². The highest BCUT2D eigenvalue weighted by Gasteiger charge is 2.33. The van der Waals surface area contributed by atoms with E-state index in [2.05, 4.69) is 26.6 Å². The van der Waals surface area contributed by atoms with E-state index in [4.69, 9.17) is 0 Å². The summed E-state index contributed by atoms with van der Waals surface area (Å²) in [6, 6.07) is 19.7. The van der Waals surface area contributed by atoms with Crippen LogP contribution in [0.3, 0.4) is 0 Å². The maximum atomic E-state index is 14.1. The lowest BCUT2D eigenvalue weighted by atomic mass is 9.89. The largest absolute Gasteiger partial charge is 0.361 e. The molecule has 7 nitrogen and oxygen atoms in total.